The van der Waals surface area contributed by atoms with Crippen molar-refractivity contribution in [3.8, 4) is 0 Å². The van der Waals surface area contributed by atoms with Crippen LogP contribution in [0.25, 0.3) is 0 Å². The van der Waals surface area contributed by atoms with E-state index in [0.717, 1.165) is 0 Å². The second-order valence-electron chi connectivity index (χ2n) is 2.45. The average Bonchev–Trinajstić information content (AvgIpc) is 2.51. The van der Waals surface area contributed by atoms with Crippen molar-refractivity contribution in [2.75, 3.05) is 0 Å². The Morgan fingerprint density at radius 1 is 1.75 bits per heavy atom. The van der Waals surface area contributed by atoms with Crippen LogP contribution in [0.2, 0.25) is 0 Å². The van der Waals surface area contributed by atoms with Gasteiger partial charge in [-0.15, -0.1) is 0 Å². The van der Waals surface area contributed by atoms with E-state index in [-0.39, 0.29) is 11.9 Å². The first-order valence-electron chi connectivity index (χ1n) is 3.65. The van der Waals surface area contributed by atoms with Crippen LogP contribution < -0.4 is 5.73 Å². The van der Waals surface area contributed by atoms with Gasteiger partial charge in [0.05, 0.1) is 12.1 Å². The van der Waals surface area contributed by atoms with Gasteiger partial charge in [0.2, 0.25) is 0 Å². The molecule has 1 aromatic rings. The summed E-state index contributed by atoms with van der Waals surface area (Å²) in [7, 11) is 0. The molecule has 1 rings (SSSR count). The molecule has 2 N–H and O–H groups in total. The van der Waals surface area contributed by atoms with E-state index in [9.17, 15) is 10.1 Å². The molecule has 1 atom stereocenters. The van der Waals surface area contributed by atoms with E-state index < -0.39 is 4.92 Å². The third-order valence-electron chi connectivity index (χ3n) is 1.60. The van der Waals surface area contributed by atoms with E-state index in [1.54, 1.807) is 0 Å². The third-order valence-corrected chi connectivity index (χ3v) is 1.60. The highest BCUT2D eigenvalue weighted by Crippen LogP contribution is 2.21. The first-order valence-corrected chi connectivity index (χ1v) is 3.65. The predicted octanol–water partition coefficient (Wildman–Crippen LogP) is 1.60. The van der Waals surface area contributed by atoms with Crippen LogP contribution in [-0.2, 0) is 0 Å². The van der Waals surface area contributed by atoms with E-state index in [1.807, 2.05) is 6.92 Å². The van der Waals surface area contributed by atoms with Crippen LogP contribution in [0.3, 0.4) is 0 Å². The number of hydrogen-bond acceptors (Lipinski definition) is 4. The van der Waals surface area contributed by atoms with Gasteiger partial charge in [-0.1, -0.05) is 6.92 Å². The summed E-state index contributed by atoms with van der Waals surface area (Å²) < 4.78 is 4.87. The van der Waals surface area contributed by atoms with Gasteiger partial charge in [-0.05, 0) is 12.5 Å². The van der Waals surface area contributed by atoms with E-state index in [4.69, 9.17) is 10.2 Å². The highest BCUT2D eigenvalue weighted by Gasteiger charge is 2.14. The van der Waals surface area contributed by atoms with Gasteiger partial charge in [0.25, 0.3) is 0 Å². The van der Waals surface area contributed by atoms with Crippen molar-refractivity contribution in [2.45, 2.75) is 19.4 Å². The van der Waals surface area contributed by atoms with Crippen molar-refractivity contribution in [1.82, 2.24) is 0 Å². The van der Waals surface area contributed by atoms with Crippen molar-refractivity contribution < 1.29 is 9.34 Å². The molecule has 0 saturated heterocycles. The standard InChI is InChI=1S/C7H10N2O3/c1-2-5(8)6-3-4-7(12-6)9(10)11/h3-5H,2,8H2,1H3. The molecule has 0 aliphatic heterocycles. The lowest BCUT2D eigenvalue weighted by molar-refractivity contribution is -0.402. The summed E-state index contributed by atoms with van der Waals surface area (Å²) in [4.78, 5) is 9.62. The fourth-order valence-electron chi connectivity index (χ4n) is 0.841. The second-order valence-corrected chi connectivity index (χ2v) is 2.45. The van der Waals surface area contributed by atoms with Crippen molar-refractivity contribution in [3.63, 3.8) is 0 Å². The maximum Gasteiger partial charge on any atom is 0.433 e. The molecular formula is C7H10N2O3. The summed E-state index contributed by atoms with van der Waals surface area (Å²) in [6.45, 7) is 1.89. The largest absolute Gasteiger partial charge is 0.433 e. The summed E-state index contributed by atoms with van der Waals surface area (Å²) in [6.07, 6.45) is 0.699. The van der Waals surface area contributed by atoms with Gasteiger partial charge in [0.1, 0.15) is 10.7 Å². The van der Waals surface area contributed by atoms with Crippen LogP contribution in [0.5, 0.6) is 0 Å². The Morgan fingerprint density at radius 3 is 2.83 bits per heavy atom. The summed E-state index contributed by atoms with van der Waals surface area (Å²) in [6, 6.07) is 2.59. The topological polar surface area (TPSA) is 82.3 Å². The van der Waals surface area contributed by atoms with Crippen molar-refractivity contribution >= 4 is 5.88 Å². The predicted molar refractivity (Wildman–Crippen MR) is 42.6 cm³/mol. The normalized spacial score (nSPS) is 12.8. The van der Waals surface area contributed by atoms with Gasteiger partial charge in [0.15, 0.2) is 0 Å². The van der Waals surface area contributed by atoms with Gasteiger partial charge in [0, 0.05) is 0 Å². The van der Waals surface area contributed by atoms with Crippen LogP contribution in [0, 0.1) is 10.1 Å². The van der Waals surface area contributed by atoms with Crippen molar-refractivity contribution in [3.05, 3.63) is 28.0 Å². The number of furan rings is 1. The zero-order valence-electron chi connectivity index (χ0n) is 6.69. The van der Waals surface area contributed by atoms with Gasteiger partial charge in [-0.3, -0.25) is 10.1 Å². The van der Waals surface area contributed by atoms with Gasteiger partial charge in [-0.2, -0.15) is 0 Å². The Hall–Kier alpha value is -1.36. The molecule has 1 aromatic heterocycles. The number of nitrogens with two attached hydrogens (primary N) is 1. The summed E-state index contributed by atoms with van der Waals surface area (Å²) in [5.74, 6) is 0.207. The maximum atomic E-state index is 10.2. The van der Waals surface area contributed by atoms with E-state index in [2.05, 4.69) is 0 Å². The zero-order chi connectivity index (χ0) is 9.14. The Kier molecular flexibility index (Phi) is 2.44. The highest BCUT2D eigenvalue weighted by atomic mass is 16.6. The van der Waals surface area contributed by atoms with Gasteiger partial charge in [-0.25, -0.2) is 0 Å². The molecule has 66 valence electrons. The Morgan fingerprint density at radius 2 is 2.42 bits per heavy atom. The molecule has 1 unspecified atom stereocenters. The molecule has 12 heavy (non-hydrogen) atoms. The van der Waals surface area contributed by atoms with Crippen molar-refractivity contribution in [2.24, 2.45) is 5.73 Å². The first kappa shape index (κ1) is 8.73. The molecule has 0 spiro atoms. The summed E-state index contributed by atoms with van der Waals surface area (Å²) >= 11 is 0. The summed E-state index contributed by atoms with van der Waals surface area (Å²) in [5, 5.41) is 10.2. The fourth-order valence-corrected chi connectivity index (χ4v) is 0.841. The number of hydrogen-bond donors (Lipinski definition) is 1. The molecule has 5 nitrogen and oxygen atoms in total. The lowest BCUT2D eigenvalue weighted by Crippen LogP contribution is -2.06. The second kappa shape index (κ2) is 3.36. The molecule has 0 amide bonds. The lowest BCUT2D eigenvalue weighted by atomic mass is 10.2. The number of nitro groups is 1. The smallest absolute Gasteiger partial charge is 0.404 e. The van der Waals surface area contributed by atoms with Crippen LogP contribution in [0.15, 0.2) is 16.5 Å². The van der Waals surface area contributed by atoms with Crippen molar-refractivity contribution in [1.29, 1.82) is 0 Å². The minimum Gasteiger partial charge on any atom is -0.404 e. The van der Waals surface area contributed by atoms with Crippen LogP contribution >= 0.6 is 0 Å². The third kappa shape index (κ3) is 1.62. The minimum atomic E-state index is -0.578. The Balaban J connectivity index is 2.84. The summed E-state index contributed by atoms with van der Waals surface area (Å²) in [5.41, 5.74) is 5.59. The Labute approximate surface area is 69.3 Å². The fraction of sp³-hybridized carbons (Fsp3) is 0.429. The maximum absolute atomic E-state index is 10.2. The number of nitrogens with zero attached hydrogens (tertiary/aromatic N) is 1. The molecule has 5 heteroatoms. The van der Waals surface area contributed by atoms with Gasteiger partial charge < -0.3 is 10.2 Å². The monoisotopic (exact) mass is 170 g/mol. The van der Waals surface area contributed by atoms with E-state index in [0.29, 0.717) is 12.2 Å². The van der Waals surface area contributed by atoms with E-state index in [1.165, 1.54) is 12.1 Å². The highest BCUT2D eigenvalue weighted by molar-refractivity contribution is 5.19. The average molecular weight is 170 g/mol. The molecule has 0 saturated carbocycles. The van der Waals surface area contributed by atoms with Crippen LogP contribution in [0.4, 0.5) is 5.88 Å². The first-order chi connectivity index (χ1) is 5.65. The molecule has 0 bridgehead atoms. The molecule has 0 radical (unpaired) electrons. The van der Waals surface area contributed by atoms with Crippen LogP contribution in [0.1, 0.15) is 25.1 Å². The quantitative estimate of drug-likeness (QED) is 0.551. The molecule has 0 aliphatic rings. The van der Waals surface area contributed by atoms with Crippen LogP contribution in [-0.4, -0.2) is 4.92 Å². The SMILES string of the molecule is CCC(N)c1ccc([N+](=O)[O-])o1. The molecular weight excluding hydrogens is 160 g/mol. The minimum absolute atomic E-state index is 0.251. The molecule has 0 aromatic carbocycles. The molecule has 1 heterocycles. The number of rotatable bonds is 3. The van der Waals surface area contributed by atoms with E-state index >= 15 is 0 Å². The molecule has 0 aliphatic carbocycles. The molecule has 0 fully saturated rings. The lowest BCUT2D eigenvalue weighted by Gasteiger charge is -2.01. The zero-order valence-corrected chi connectivity index (χ0v) is 6.69. The Bertz CT molecular complexity index is 282. The van der Waals surface area contributed by atoms with Gasteiger partial charge >= 0.3 is 5.88 Å².